The standard InChI is InChI=1S/C12H16FNO4S/c1-2-8-14(9-7-12(15)16)19(17,18)11-5-3-10(13)4-6-11/h3-6H,2,7-9H2,1H3,(H,15,16). The number of carboxylic acid groups (broad SMARTS) is 1. The molecule has 0 heterocycles. The van der Waals surface area contributed by atoms with E-state index in [1.54, 1.807) is 6.92 Å². The third-order valence-electron chi connectivity index (χ3n) is 2.50. The van der Waals surface area contributed by atoms with Crippen molar-refractivity contribution in [2.45, 2.75) is 24.7 Å². The van der Waals surface area contributed by atoms with Gasteiger partial charge in [-0.05, 0) is 30.7 Å². The van der Waals surface area contributed by atoms with Crippen molar-refractivity contribution in [1.82, 2.24) is 4.31 Å². The highest BCUT2D eigenvalue weighted by atomic mass is 32.2. The second kappa shape index (κ2) is 6.63. The Hall–Kier alpha value is -1.47. The van der Waals surface area contributed by atoms with Gasteiger partial charge in [0, 0.05) is 13.1 Å². The summed E-state index contributed by atoms with van der Waals surface area (Å²) in [5, 5.41) is 8.63. The quantitative estimate of drug-likeness (QED) is 0.829. The van der Waals surface area contributed by atoms with Crippen molar-refractivity contribution in [3.63, 3.8) is 0 Å². The maximum absolute atomic E-state index is 12.8. The average molecular weight is 289 g/mol. The van der Waals surface area contributed by atoms with E-state index in [1.165, 1.54) is 12.1 Å². The van der Waals surface area contributed by atoms with Crippen molar-refractivity contribution in [1.29, 1.82) is 0 Å². The first kappa shape index (κ1) is 15.6. The Labute approximate surface area is 111 Å². The highest BCUT2D eigenvalue weighted by Gasteiger charge is 2.24. The Bertz CT molecular complexity index is 527. The normalized spacial score (nSPS) is 11.7. The van der Waals surface area contributed by atoms with E-state index in [4.69, 9.17) is 5.11 Å². The lowest BCUT2D eigenvalue weighted by atomic mass is 10.4. The maximum Gasteiger partial charge on any atom is 0.304 e. The lowest BCUT2D eigenvalue weighted by molar-refractivity contribution is -0.137. The Morgan fingerprint density at radius 2 is 1.84 bits per heavy atom. The molecule has 0 aliphatic rings. The molecule has 0 fully saturated rings. The van der Waals surface area contributed by atoms with Crippen LogP contribution in [0.3, 0.4) is 0 Å². The second-order valence-electron chi connectivity index (χ2n) is 4.00. The third kappa shape index (κ3) is 4.29. The van der Waals surface area contributed by atoms with E-state index in [0.29, 0.717) is 6.42 Å². The number of carboxylic acids is 1. The summed E-state index contributed by atoms with van der Waals surface area (Å²) in [7, 11) is -3.77. The van der Waals surface area contributed by atoms with E-state index in [2.05, 4.69) is 0 Å². The molecular weight excluding hydrogens is 273 g/mol. The molecule has 1 rings (SSSR count). The van der Waals surface area contributed by atoms with E-state index in [0.717, 1.165) is 16.4 Å². The summed E-state index contributed by atoms with van der Waals surface area (Å²) in [6, 6.07) is 4.48. The summed E-state index contributed by atoms with van der Waals surface area (Å²) in [5.74, 6) is -1.58. The monoisotopic (exact) mass is 289 g/mol. The summed E-state index contributed by atoms with van der Waals surface area (Å²) in [4.78, 5) is 10.5. The van der Waals surface area contributed by atoms with Crippen LogP contribution >= 0.6 is 0 Å². The zero-order valence-electron chi connectivity index (χ0n) is 10.5. The number of sulfonamides is 1. The molecule has 0 aliphatic carbocycles. The molecule has 0 atom stereocenters. The first-order valence-electron chi connectivity index (χ1n) is 5.85. The Kier molecular flexibility index (Phi) is 5.44. The number of halogens is 1. The van der Waals surface area contributed by atoms with Crippen LogP contribution in [0.4, 0.5) is 4.39 Å². The smallest absolute Gasteiger partial charge is 0.304 e. The van der Waals surface area contributed by atoms with Gasteiger partial charge in [0.05, 0.1) is 11.3 Å². The lowest BCUT2D eigenvalue weighted by Gasteiger charge is -2.20. The molecule has 0 spiro atoms. The van der Waals surface area contributed by atoms with Gasteiger partial charge < -0.3 is 5.11 Å². The fourth-order valence-corrected chi connectivity index (χ4v) is 3.11. The largest absolute Gasteiger partial charge is 0.481 e. The third-order valence-corrected chi connectivity index (χ3v) is 4.41. The van der Waals surface area contributed by atoms with Crippen molar-refractivity contribution < 1.29 is 22.7 Å². The van der Waals surface area contributed by atoms with Crippen LogP contribution in [0.5, 0.6) is 0 Å². The average Bonchev–Trinajstić information content (AvgIpc) is 2.34. The minimum Gasteiger partial charge on any atom is -0.481 e. The molecule has 1 aromatic rings. The number of benzene rings is 1. The van der Waals surface area contributed by atoms with E-state index in [-0.39, 0.29) is 24.4 Å². The molecule has 19 heavy (non-hydrogen) atoms. The molecule has 0 radical (unpaired) electrons. The molecule has 0 saturated heterocycles. The predicted molar refractivity (Wildman–Crippen MR) is 67.7 cm³/mol. The van der Waals surface area contributed by atoms with Gasteiger partial charge in [-0.15, -0.1) is 0 Å². The van der Waals surface area contributed by atoms with Crippen LogP contribution in [0.15, 0.2) is 29.2 Å². The molecule has 1 N–H and O–H groups in total. The van der Waals surface area contributed by atoms with Crippen molar-refractivity contribution in [2.24, 2.45) is 0 Å². The molecule has 0 amide bonds. The topological polar surface area (TPSA) is 74.7 Å². The second-order valence-corrected chi connectivity index (χ2v) is 5.94. The van der Waals surface area contributed by atoms with Gasteiger partial charge in [0.15, 0.2) is 0 Å². The van der Waals surface area contributed by atoms with Crippen molar-refractivity contribution in [2.75, 3.05) is 13.1 Å². The minimum absolute atomic E-state index is 0.0345. The first-order valence-corrected chi connectivity index (χ1v) is 7.29. The summed E-state index contributed by atoms with van der Waals surface area (Å²) in [6.45, 7) is 1.93. The van der Waals surface area contributed by atoms with E-state index in [1.807, 2.05) is 0 Å². The van der Waals surface area contributed by atoms with Crippen molar-refractivity contribution >= 4 is 16.0 Å². The van der Waals surface area contributed by atoms with Gasteiger partial charge in [-0.2, -0.15) is 4.31 Å². The molecule has 5 nitrogen and oxygen atoms in total. The van der Waals surface area contributed by atoms with E-state index < -0.39 is 21.8 Å². The van der Waals surface area contributed by atoms with Gasteiger partial charge >= 0.3 is 5.97 Å². The van der Waals surface area contributed by atoms with Crippen molar-refractivity contribution in [3.8, 4) is 0 Å². The predicted octanol–water partition coefficient (Wildman–Crippen LogP) is 1.70. The van der Waals surface area contributed by atoms with E-state index in [9.17, 15) is 17.6 Å². The first-order chi connectivity index (χ1) is 8.87. The van der Waals surface area contributed by atoms with Crippen LogP contribution < -0.4 is 0 Å². The molecule has 0 bridgehead atoms. The Balaban J connectivity index is 2.98. The number of carbonyl (C=O) groups is 1. The SMILES string of the molecule is CCCN(CCC(=O)O)S(=O)(=O)c1ccc(F)cc1. The Morgan fingerprint density at radius 3 is 2.32 bits per heavy atom. The van der Waals surface area contributed by atoms with Crippen LogP contribution in [0, 0.1) is 5.82 Å². The van der Waals surface area contributed by atoms with Crippen LogP contribution in [0.25, 0.3) is 0 Å². The maximum atomic E-state index is 12.8. The highest BCUT2D eigenvalue weighted by molar-refractivity contribution is 7.89. The van der Waals surface area contributed by atoms with Gasteiger partial charge in [0.1, 0.15) is 5.82 Å². The fraction of sp³-hybridized carbons (Fsp3) is 0.417. The minimum atomic E-state index is -3.77. The van der Waals surface area contributed by atoms with Gasteiger partial charge in [0.25, 0.3) is 0 Å². The molecule has 0 saturated carbocycles. The van der Waals surface area contributed by atoms with Crippen molar-refractivity contribution in [3.05, 3.63) is 30.1 Å². The molecule has 0 aliphatic heterocycles. The highest BCUT2D eigenvalue weighted by Crippen LogP contribution is 2.16. The zero-order chi connectivity index (χ0) is 14.5. The number of nitrogens with zero attached hydrogens (tertiary/aromatic N) is 1. The summed E-state index contributed by atoms with van der Waals surface area (Å²) < 4.78 is 38.4. The van der Waals surface area contributed by atoms with Gasteiger partial charge in [0.2, 0.25) is 10.0 Å². The number of aliphatic carboxylic acids is 1. The molecule has 7 heteroatoms. The molecule has 0 aromatic heterocycles. The number of rotatable bonds is 7. The van der Waals surface area contributed by atoms with Gasteiger partial charge in [-0.3, -0.25) is 4.79 Å². The van der Waals surface area contributed by atoms with Crippen LogP contribution in [-0.2, 0) is 14.8 Å². The van der Waals surface area contributed by atoms with Crippen LogP contribution in [0.1, 0.15) is 19.8 Å². The molecular formula is C12H16FNO4S. The summed E-state index contributed by atoms with van der Waals surface area (Å²) in [6.07, 6.45) is 0.306. The summed E-state index contributed by atoms with van der Waals surface area (Å²) in [5.41, 5.74) is 0. The Morgan fingerprint density at radius 1 is 1.26 bits per heavy atom. The van der Waals surface area contributed by atoms with Gasteiger partial charge in [-0.25, -0.2) is 12.8 Å². The zero-order valence-corrected chi connectivity index (χ0v) is 11.4. The molecule has 0 unspecified atom stereocenters. The number of hydrogen-bond donors (Lipinski definition) is 1. The van der Waals surface area contributed by atoms with Crippen LogP contribution in [0.2, 0.25) is 0 Å². The fourth-order valence-electron chi connectivity index (χ4n) is 1.58. The summed E-state index contributed by atoms with van der Waals surface area (Å²) >= 11 is 0. The number of hydrogen-bond acceptors (Lipinski definition) is 3. The molecule has 1 aromatic carbocycles. The van der Waals surface area contributed by atoms with Gasteiger partial charge in [-0.1, -0.05) is 6.92 Å². The lowest BCUT2D eigenvalue weighted by Crippen LogP contribution is -2.33. The van der Waals surface area contributed by atoms with E-state index >= 15 is 0 Å². The van der Waals surface area contributed by atoms with Crippen LogP contribution in [-0.4, -0.2) is 36.9 Å². The molecule has 106 valence electrons.